The molecule has 0 heterocycles. The van der Waals surface area contributed by atoms with Crippen LogP contribution in [0.25, 0.3) is 0 Å². The van der Waals surface area contributed by atoms with Gasteiger partial charge in [0, 0.05) is 17.7 Å². The van der Waals surface area contributed by atoms with E-state index in [2.05, 4.69) is 6.92 Å². The largest absolute Gasteiger partial charge is 0.372 e. The van der Waals surface area contributed by atoms with Crippen molar-refractivity contribution < 1.29 is 4.74 Å². The van der Waals surface area contributed by atoms with Crippen molar-refractivity contribution in [3.8, 4) is 0 Å². The molecule has 1 rings (SSSR count). The van der Waals surface area contributed by atoms with Gasteiger partial charge in [-0.05, 0) is 31.0 Å². The third-order valence-electron chi connectivity index (χ3n) is 2.45. The van der Waals surface area contributed by atoms with Crippen LogP contribution in [-0.2, 0) is 4.74 Å². The van der Waals surface area contributed by atoms with E-state index in [9.17, 15) is 0 Å². The summed E-state index contributed by atoms with van der Waals surface area (Å²) in [4.78, 5) is 0. The van der Waals surface area contributed by atoms with E-state index in [4.69, 9.17) is 22.1 Å². The molecule has 0 saturated heterocycles. The first-order valence-corrected chi connectivity index (χ1v) is 6.15. The topological polar surface area (TPSA) is 35.2 Å². The van der Waals surface area contributed by atoms with Gasteiger partial charge in [-0.25, -0.2) is 0 Å². The van der Waals surface area contributed by atoms with Crippen molar-refractivity contribution in [3.05, 3.63) is 34.9 Å². The first kappa shape index (κ1) is 13.5. The highest BCUT2D eigenvalue weighted by atomic mass is 35.5. The van der Waals surface area contributed by atoms with Crippen LogP contribution in [0.2, 0.25) is 5.02 Å². The molecule has 0 amide bonds. The van der Waals surface area contributed by atoms with Gasteiger partial charge in [0.2, 0.25) is 0 Å². The zero-order chi connectivity index (χ0) is 12.0. The molecule has 90 valence electrons. The number of unbranched alkanes of at least 4 members (excludes halogenated alkanes) is 1. The Morgan fingerprint density at radius 3 is 2.75 bits per heavy atom. The highest BCUT2D eigenvalue weighted by Crippen LogP contribution is 2.23. The smallest absolute Gasteiger partial charge is 0.0973 e. The number of halogens is 1. The maximum atomic E-state index is 5.96. The van der Waals surface area contributed by atoms with E-state index in [1.807, 2.05) is 31.2 Å². The van der Waals surface area contributed by atoms with Crippen LogP contribution < -0.4 is 5.73 Å². The molecule has 0 aliphatic rings. The summed E-state index contributed by atoms with van der Waals surface area (Å²) in [6.45, 7) is 4.84. The second kappa shape index (κ2) is 6.89. The van der Waals surface area contributed by atoms with Gasteiger partial charge >= 0.3 is 0 Å². The number of hydrogen-bond donors (Lipinski definition) is 1. The fraction of sp³-hybridized carbons (Fsp3) is 0.538. The van der Waals surface area contributed by atoms with Crippen molar-refractivity contribution >= 4 is 11.6 Å². The molecule has 0 aromatic heterocycles. The molecule has 0 aliphatic carbocycles. The van der Waals surface area contributed by atoms with Gasteiger partial charge in [-0.1, -0.05) is 37.1 Å². The van der Waals surface area contributed by atoms with Crippen molar-refractivity contribution in [3.63, 3.8) is 0 Å². The maximum Gasteiger partial charge on any atom is 0.0973 e. The van der Waals surface area contributed by atoms with Crippen LogP contribution in [0.4, 0.5) is 0 Å². The van der Waals surface area contributed by atoms with Gasteiger partial charge in [0.1, 0.15) is 0 Å². The Kier molecular flexibility index (Phi) is 5.81. The fourth-order valence-electron chi connectivity index (χ4n) is 1.59. The van der Waals surface area contributed by atoms with Gasteiger partial charge < -0.3 is 10.5 Å². The van der Waals surface area contributed by atoms with Crippen LogP contribution in [-0.4, -0.2) is 12.6 Å². The Bertz CT molecular complexity index is 315. The Labute approximate surface area is 103 Å². The molecular formula is C13H20ClNO. The zero-order valence-corrected chi connectivity index (χ0v) is 10.7. The maximum absolute atomic E-state index is 5.96. The molecule has 1 aromatic rings. The predicted octanol–water partition coefficient (Wildman–Crippen LogP) is 3.55. The third kappa shape index (κ3) is 4.12. The SMILES string of the molecule is CCCCOC(c1cccc(Cl)c1)C(C)N. The fourth-order valence-corrected chi connectivity index (χ4v) is 1.79. The molecule has 2 unspecified atom stereocenters. The highest BCUT2D eigenvalue weighted by Gasteiger charge is 2.16. The number of hydrogen-bond acceptors (Lipinski definition) is 2. The average Bonchev–Trinajstić information content (AvgIpc) is 2.24. The molecule has 0 aliphatic heterocycles. The van der Waals surface area contributed by atoms with Crippen molar-refractivity contribution in [2.24, 2.45) is 5.73 Å². The molecule has 0 saturated carbocycles. The van der Waals surface area contributed by atoms with Crippen LogP contribution >= 0.6 is 11.6 Å². The van der Waals surface area contributed by atoms with E-state index < -0.39 is 0 Å². The normalized spacial score (nSPS) is 14.8. The standard InChI is InChI=1S/C13H20ClNO/c1-3-4-8-16-13(10(2)15)11-6-5-7-12(14)9-11/h5-7,9-10,13H,3-4,8,15H2,1-2H3. The highest BCUT2D eigenvalue weighted by molar-refractivity contribution is 6.30. The minimum Gasteiger partial charge on any atom is -0.372 e. The van der Waals surface area contributed by atoms with Gasteiger partial charge in [0.25, 0.3) is 0 Å². The van der Waals surface area contributed by atoms with Crippen molar-refractivity contribution in [2.45, 2.75) is 38.8 Å². The predicted molar refractivity (Wildman–Crippen MR) is 68.7 cm³/mol. The van der Waals surface area contributed by atoms with Crippen LogP contribution in [0, 0.1) is 0 Å². The summed E-state index contributed by atoms with van der Waals surface area (Å²) in [5.41, 5.74) is 6.99. The molecule has 2 nitrogen and oxygen atoms in total. The molecule has 0 spiro atoms. The van der Waals surface area contributed by atoms with Gasteiger partial charge in [-0.3, -0.25) is 0 Å². The van der Waals surface area contributed by atoms with E-state index in [1.165, 1.54) is 0 Å². The van der Waals surface area contributed by atoms with Crippen molar-refractivity contribution in [1.29, 1.82) is 0 Å². The van der Waals surface area contributed by atoms with Gasteiger partial charge in [0.15, 0.2) is 0 Å². The lowest BCUT2D eigenvalue weighted by Crippen LogP contribution is -2.27. The van der Waals surface area contributed by atoms with Gasteiger partial charge in [-0.15, -0.1) is 0 Å². The Morgan fingerprint density at radius 1 is 1.44 bits per heavy atom. The summed E-state index contributed by atoms with van der Waals surface area (Å²) in [5, 5.41) is 0.724. The van der Waals surface area contributed by atoms with Gasteiger partial charge in [0.05, 0.1) is 6.10 Å². The zero-order valence-electron chi connectivity index (χ0n) is 9.95. The Morgan fingerprint density at radius 2 is 2.19 bits per heavy atom. The van der Waals surface area contributed by atoms with Crippen molar-refractivity contribution in [1.82, 2.24) is 0 Å². The third-order valence-corrected chi connectivity index (χ3v) is 2.69. The molecule has 2 atom stereocenters. The number of benzene rings is 1. The molecule has 0 radical (unpaired) electrons. The summed E-state index contributed by atoms with van der Waals surface area (Å²) >= 11 is 5.96. The second-order valence-electron chi connectivity index (χ2n) is 4.06. The molecule has 0 fully saturated rings. The van der Waals surface area contributed by atoms with Crippen LogP contribution in [0.15, 0.2) is 24.3 Å². The van der Waals surface area contributed by atoms with Gasteiger partial charge in [-0.2, -0.15) is 0 Å². The average molecular weight is 242 g/mol. The Balaban J connectivity index is 2.69. The summed E-state index contributed by atoms with van der Waals surface area (Å²) in [6, 6.07) is 7.68. The summed E-state index contributed by atoms with van der Waals surface area (Å²) in [6.07, 6.45) is 2.12. The molecular weight excluding hydrogens is 222 g/mol. The first-order valence-electron chi connectivity index (χ1n) is 5.77. The lowest BCUT2D eigenvalue weighted by molar-refractivity contribution is 0.0366. The molecule has 1 aromatic carbocycles. The molecule has 2 N–H and O–H groups in total. The second-order valence-corrected chi connectivity index (χ2v) is 4.50. The van der Waals surface area contributed by atoms with E-state index in [0.29, 0.717) is 0 Å². The van der Waals surface area contributed by atoms with Crippen LogP contribution in [0.3, 0.4) is 0 Å². The lowest BCUT2D eigenvalue weighted by Gasteiger charge is -2.22. The summed E-state index contributed by atoms with van der Waals surface area (Å²) in [7, 11) is 0. The lowest BCUT2D eigenvalue weighted by atomic mass is 10.0. The molecule has 3 heteroatoms. The Hall–Kier alpha value is -0.570. The molecule has 0 bridgehead atoms. The van der Waals surface area contributed by atoms with E-state index in [-0.39, 0.29) is 12.1 Å². The van der Waals surface area contributed by atoms with E-state index in [1.54, 1.807) is 0 Å². The quantitative estimate of drug-likeness (QED) is 0.774. The summed E-state index contributed by atoms with van der Waals surface area (Å²) in [5.74, 6) is 0. The minimum atomic E-state index is -0.0646. The van der Waals surface area contributed by atoms with Crippen molar-refractivity contribution in [2.75, 3.05) is 6.61 Å². The number of nitrogens with two attached hydrogens (primary N) is 1. The van der Waals surface area contributed by atoms with Crippen LogP contribution in [0.5, 0.6) is 0 Å². The number of ether oxygens (including phenoxy) is 1. The van der Waals surface area contributed by atoms with E-state index >= 15 is 0 Å². The molecule has 16 heavy (non-hydrogen) atoms. The van der Waals surface area contributed by atoms with E-state index in [0.717, 1.165) is 30.0 Å². The number of rotatable bonds is 6. The van der Waals surface area contributed by atoms with Crippen LogP contribution in [0.1, 0.15) is 38.4 Å². The monoisotopic (exact) mass is 241 g/mol. The first-order chi connectivity index (χ1) is 7.65. The minimum absolute atomic E-state index is 0.0321. The summed E-state index contributed by atoms with van der Waals surface area (Å²) < 4.78 is 5.80.